The van der Waals surface area contributed by atoms with Crippen molar-refractivity contribution in [3.8, 4) is 0 Å². The topological polar surface area (TPSA) is 3.24 Å². The largest absolute Gasteiger partial charge is 0.301 e. The second-order valence-electron chi connectivity index (χ2n) is 4.43. The molecule has 0 unspecified atom stereocenters. The van der Waals surface area contributed by atoms with E-state index in [4.69, 9.17) is 11.6 Å². The van der Waals surface area contributed by atoms with Crippen molar-refractivity contribution in [2.75, 3.05) is 19.0 Å². The fourth-order valence-corrected chi connectivity index (χ4v) is 1.95. The van der Waals surface area contributed by atoms with Gasteiger partial charge in [0.05, 0.1) is 0 Å². The molecule has 0 saturated heterocycles. The van der Waals surface area contributed by atoms with E-state index in [-0.39, 0.29) is 0 Å². The Morgan fingerprint density at radius 3 is 2.46 bits per heavy atom. The molecule has 0 N–H and O–H groups in total. The van der Waals surface area contributed by atoms with Crippen LogP contribution in [0.25, 0.3) is 0 Å². The van der Waals surface area contributed by atoms with Gasteiger partial charge in [-0.1, -0.05) is 6.42 Å². The van der Waals surface area contributed by atoms with Gasteiger partial charge in [0.1, 0.15) is 0 Å². The summed E-state index contributed by atoms with van der Waals surface area (Å²) in [6.45, 7) is 7.05. The number of rotatable bonds is 6. The third-order valence-electron chi connectivity index (χ3n) is 3.03. The average Bonchev–Trinajstić information content (AvgIpc) is 2.01. The van der Waals surface area contributed by atoms with Gasteiger partial charge in [0.25, 0.3) is 0 Å². The molecule has 0 aliphatic heterocycles. The Hall–Kier alpha value is 0.250. The molecule has 0 aromatic rings. The zero-order chi connectivity index (χ0) is 9.68. The van der Waals surface area contributed by atoms with Crippen LogP contribution in [-0.4, -0.2) is 29.9 Å². The molecular weight excluding hydrogens is 182 g/mol. The van der Waals surface area contributed by atoms with Crippen LogP contribution >= 0.6 is 11.6 Å². The van der Waals surface area contributed by atoms with Gasteiger partial charge in [0, 0.05) is 18.5 Å². The maximum atomic E-state index is 5.71. The molecule has 0 heterocycles. The number of hydrogen-bond acceptors (Lipinski definition) is 1. The Balaban J connectivity index is 2.19. The zero-order valence-corrected chi connectivity index (χ0v) is 9.69. The Morgan fingerprint density at radius 1 is 1.38 bits per heavy atom. The Kier molecular flexibility index (Phi) is 5.12. The average molecular weight is 204 g/mol. The van der Waals surface area contributed by atoms with Crippen LogP contribution in [0.1, 0.15) is 39.5 Å². The quantitative estimate of drug-likeness (QED) is 0.600. The predicted octanol–water partition coefficient (Wildman–Crippen LogP) is 3.13. The molecule has 0 aromatic carbocycles. The van der Waals surface area contributed by atoms with Gasteiger partial charge in [0.15, 0.2) is 0 Å². The van der Waals surface area contributed by atoms with E-state index in [2.05, 4.69) is 18.7 Å². The lowest BCUT2D eigenvalue weighted by Crippen LogP contribution is -2.38. The first kappa shape index (κ1) is 11.3. The first-order chi connectivity index (χ1) is 6.24. The molecule has 1 fully saturated rings. The highest BCUT2D eigenvalue weighted by Gasteiger charge is 2.21. The van der Waals surface area contributed by atoms with Gasteiger partial charge in [-0.05, 0) is 45.6 Å². The maximum Gasteiger partial charge on any atom is 0.0235 e. The third kappa shape index (κ3) is 3.86. The lowest BCUT2D eigenvalue weighted by Gasteiger charge is -2.34. The van der Waals surface area contributed by atoms with Crippen LogP contribution in [-0.2, 0) is 0 Å². The second-order valence-corrected chi connectivity index (χ2v) is 4.81. The van der Waals surface area contributed by atoms with Crippen molar-refractivity contribution in [2.24, 2.45) is 5.92 Å². The summed E-state index contributed by atoms with van der Waals surface area (Å²) in [5, 5.41) is 0. The van der Waals surface area contributed by atoms with Crippen LogP contribution in [0.3, 0.4) is 0 Å². The van der Waals surface area contributed by atoms with E-state index in [1.807, 2.05) is 0 Å². The zero-order valence-electron chi connectivity index (χ0n) is 8.93. The van der Waals surface area contributed by atoms with Crippen LogP contribution in [0, 0.1) is 5.92 Å². The summed E-state index contributed by atoms with van der Waals surface area (Å²) in [5.41, 5.74) is 0. The summed E-state index contributed by atoms with van der Waals surface area (Å²) in [5.74, 6) is 1.78. The van der Waals surface area contributed by atoms with Crippen molar-refractivity contribution in [3.63, 3.8) is 0 Å². The highest BCUT2D eigenvalue weighted by atomic mass is 35.5. The van der Waals surface area contributed by atoms with E-state index in [1.165, 1.54) is 32.4 Å². The van der Waals surface area contributed by atoms with Crippen LogP contribution in [0.5, 0.6) is 0 Å². The van der Waals surface area contributed by atoms with E-state index in [1.54, 1.807) is 0 Å². The van der Waals surface area contributed by atoms with E-state index in [0.29, 0.717) is 6.04 Å². The fourth-order valence-electron chi connectivity index (χ4n) is 1.83. The first-order valence-electron chi connectivity index (χ1n) is 5.54. The Morgan fingerprint density at radius 2 is 2.08 bits per heavy atom. The third-order valence-corrected chi connectivity index (χ3v) is 3.29. The van der Waals surface area contributed by atoms with Gasteiger partial charge in [-0.15, -0.1) is 11.6 Å². The highest BCUT2D eigenvalue weighted by Crippen LogP contribution is 2.27. The molecule has 13 heavy (non-hydrogen) atoms. The lowest BCUT2D eigenvalue weighted by molar-refractivity contribution is 0.148. The van der Waals surface area contributed by atoms with Crippen molar-refractivity contribution in [3.05, 3.63) is 0 Å². The molecule has 2 heteroatoms. The minimum absolute atomic E-state index is 0.684. The molecule has 78 valence electrons. The SMILES string of the molecule is CC(C)N(CCCCl)CC1CCC1. The Labute approximate surface area is 87.4 Å². The minimum atomic E-state index is 0.684. The molecule has 1 aliphatic rings. The standard InChI is InChI=1S/C11H22ClN/c1-10(2)13(8-4-7-12)9-11-5-3-6-11/h10-11H,3-9H2,1-2H3. The molecule has 1 saturated carbocycles. The molecule has 0 atom stereocenters. The predicted molar refractivity (Wildman–Crippen MR) is 59.4 cm³/mol. The molecule has 1 aliphatic carbocycles. The van der Waals surface area contributed by atoms with Crippen LogP contribution in [0.2, 0.25) is 0 Å². The van der Waals surface area contributed by atoms with Gasteiger partial charge < -0.3 is 4.90 Å². The lowest BCUT2D eigenvalue weighted by atomic mass is 9.85. The summed E-state index contributed by atoms with van der Waals surface area (Å²) >= 11 is 5.71. The monoisotopic (exact) mass is 203 g/mol. The second kappa shape index (κ2) is 5.87. The molecule has 0 radical (unpaired) electrons. The van der Waals surface area contributed by atoms with E-state index >= 15 is 0 Å². The summed E-state index contributed by atoms with van der Waals surface area (Å²) in [7, 11) is 0. The van der Waals surface area contributed by atoms with Gasteiger partial charge in [-0.25, -0.2) is 0 Å². The van der Waals surface area contributed by atoms with Crippen molar-refractivity contribution in [2.45, 2.75) is 45.6 Å². The summed E-state index contributed by atoms with van der Waals surface area (Å²) in [4.78, 5) is 2.58. The van der Waals surface area contributed by atoms with Crippen molar-refractivity contribution in [1.29, 1.82) is 0 Å². The first-order valence-corrected chi connectivity index (χ1v) is 6.07. The molecule has 1 rings (SSSR count). The van der Waals surface area contributed by atoms with Gasteiger partial charge >= 0.3 is 0 Å². The smallest absolute Gasteiger partial charge is 0.0235 e. The maximum absolute atomic E-state index is 5.71. The van der Waals surface area contributed by atoms with Crippen LogP contribution in [0.4, 0.5) is 0 Å². The molecule has 0 spiro atoms. The van der Waals surface area contributed by atoms with Gasteiger partial charge in [-0.2, -0.15) is 0 Å². The van der Waals surface area contributed by atoms with Crippen molar-refractivity contribution < 1.29 is 0 Å². The summed E-state index contributed by atoms with van der Waals surface area (Å²) in [6, 6.07) is 0.684. The fraction of sp³-hybridized carbons (Fsp3) is 1.00. The summed E-state index contributed by atoms with van der Waals surface area (Å²) in [6.07, 6.45) is 5.48. The van der Waals surface area contributed by atoms with E-state index < -0.39 is 0 Å². The summed E-state index contributed by atoms with van der Waals surface area (Å²) < 4.78 is 0. The van der Waals surface area contributed by atoms with Crippen LogP contribution in [0.15, 0.2) is 0 Å². The highest BCUT2D eigenvalue weighted by molar-refractivity contribution is 6.17. The minimum Gasteiger partial charge on any atom is -0.301 e. The Bertz CT molecular complexity index is 132. The van der Waals surface area contributed by atoms with Crippen molar-refractivity contribution >= 4 is 11.6 Å². The molecule has 0 aromatic heterocycles. The number of halogens is 1. The molecule has 0 bridgehead atoms. The molecular formula is C11H22ClN. The van der Waals surface area contributed by atoms with Gasteiger partial charge in [-0.3, -0.25) is 0 Å². The van der Waals surface area contributed by atoms with Crippen molar-refractivity contribution in [1.82, 2.24) is 4.90 Å². The number of alkyl halides is 1. The van der Waals surface area contributed by atoms with Crippen LogP contribution < -0.4 is 0 Å². The molecule has 0 amide bonds. The number of nitrogens with zero attached hydrogens (tertiary/aromatic N) is 1. The number of hydrogen-bond donors (Lipinski definition) is 0. The van der Waals surface area contributed by atoms with E-state index in [0.717, 1.165) is 18.2 Å². The van der Waals surface area contributed by atoms with Gasteiger partial charge in [0.2, 0.25) is 0 Å². The van der Waals surface area contributed by atoms with E-state index in [9.17, 15) is 0 Å². The normalized spacial score (nSPS) is 18.2. The molecule has 1 nitrogen and oxygen atoms in total.